The number of fused-ring (bicyclic) bond motifs is 1. The van der Waals surface area contributed by atoms with E-state index in [0.717, 1.165) is 41.3 Å². The molecule has 1 amide bonds. The van der Waals surface area contributed by atoms with Crippen LogP contribution in [0.3, 0.4) is 0 Å². The minimum atomic E-state index is -0.697. The molecule has 0 spiro atoms. The van der Waals surface area contributed by atoms with Crippen LogP contribution in [0.4, 0.5) is 15.8 Å². The van der Waals surface area contributed by atoms with E-state index in [1.54, 1.807) is 6.20 Å². The SMILES string of the molecule is Cc1cccc2c1C(=CNc1ccc(OCCN3CCC(F)C3)cc1)C(=O)N2. The Kier molecular flexibility index (Phi) is 5.30. The number of carbonyl (C=O) groups excluding carboxylic acids is 1. The third-order valence-corrected chi connectivity index (χ3v) is 5.16. The van der Waals surface area contributed by atoms with Gasteiger partial charge in [-0.3, -0.25) is 9.69 Å². The molecule has 0 aliphatic carbocycles. The molecule has 5 nitrogen and oxygen atoms in total. The molecule has 0 saturated carbocycles. The molecule has 2 N–H and O–H groups in total. The van der Waals surface area contributed by atoms with Crippen molar-refractivity contribution in [3.63, 3.8) is 0 Å². The maximum atomic E-state index is 13.2. The molecule has 1 fully saturated rings. The number of alkyl halides is 1. The van der Waals surface area contributed by atoms with Gasteiger partial charge in [-0.2, -0.15) is 0 Å². The normalized spacial score (nSPS) is 20.3. The van der Waals surface area contributed by atoms with E-state index in [2.05, 4.69) is 15.5 Å². The maximum Gasteiger partial charge on any atom is 0.257 e. The largest absolute Gasteiger partial charge is 0.492 e. The van der Waals surface area contributed by atoms with Gasteiger partial charge in [0.25, 0.3) is 5.91 Å². The molecule has 6 heteroatoms. The number of nitrogens with one attached hydrogen (secondary N) is 2. The van der Waals surface area contributed by atoms with E-state index < -0.39 is 6.17 Å². The van der Waals surface area contributed by atoms with Crippen LogP contribution >= 0.6 is 0 Å². The van der Waals surface area contributed by atoms with E-state index >= 15 is 0 Å². The van der Waals surface area contributed by atoms with Crippen LogP contribution in [0.25, 0.3) is 5.57 Å². The van der Waals surface area contributed by atoms with E-state index in [1.807, 2.05) is 49.4 Å². The van der Waals surface area contributed by atoms with Crippen LogP contribution in [0.2, 0.25) is 0 Å². The smallest absolute Gasteiger partial charge is 0.257 e. The first kappa shape index (κ1) is 18.5. The minimum absolute atomic E-state index is 0.103. The van der Waals surface area contributed by atoms with E-state index in [1.165, 1.54) is 0 Å². The van der Waals surface area contributed by atoms with Crippen molar-refractivity contribution in [1.82, 2.24) is 4.90 Å². The average Bonchev–Trinajstić information content (AvgIpc) is 3.24. The van der Waals surface area contributed by atoms with E-state index in [4.69, 9.17) is 4.74 Å². The second-order valence-corrected chi connectivity index (χ2v) is 7.21. The van der Waals surface area contributed by atoms with Crippen molar-refractivity contribution < 1.29 is 13.9 Å². The molecular weight excluding hydrogens is 357 g/mol. The van der Waals surface area contributed by atoms with Crippen LogP contribution < -0.4 is 15.4 Å². The minimum Gasteiger partial charge on any atom is -0.492 e. The van der Waals surface area contributed by atoms with Crippen LogP contribution in [0.1, 0.15) is 17.5 Å². The highest BCUT2D eigenvalue weighted by atomic mass is 19.1. The van der Waals surface area contributed by atoms with Crippen LogP contribution in [-0.2, 0) is 4.79 Å². The standard InChI is InChI=1S/C22H24FN3O2/c1-15-3-2-4-20-21(15)19(22(27)25-20)13-24-17-5-7-18(8-6-17)28-12-11-26-10-9-16(23)14-26/h2-8,13,16,24H,9-12,14H2,1H3,(H,25,27). The lowest BCUT2D eigenvalue weighted by molar-refractivity contribution is -0.110. The first-order chi connectivity index (χ1) is 13.6. The summed E-state index contributed by atoms with van der Waals surface area (Å²) in [6, 6.07) is 13.4. The Balaban J connectivity index is 1.34. The number of amides is 1. The molecule has 2 heterocycles. The van der Waals surface area contributed by atoms with Crippen LogP contribution in [0, 0.1) is 6.92 Å². The summed E-state index contributed by atoms with van der Waals surface area (Å²) in [4.78, 5) is 14.3. The summed E-state index contributed by atoms with van der Waals surface area (Å²) in [7, 11) is 0. The van der Waals surface area contributed by atoms with Crippen LogP contribution in [0.15, 0.2) is 48.7 Å². The molecule has 4 rings (SSSR count). The first-order valence-corrected chi connectivity index (χ1v) is 9.57. The number of likely N-dealkylation sites (tertiary alicyclic amines) is 1. The average molecular weight is 381 g/mol. The van der Waals surface area contributed by atoms with Gasteiger partial charge in [-0.1, -0.05) is 12.1 Å². The van der Waals surface area contributed by atoms with E-state index in [0.29, 0.717) is 25.1 Å². The molecule has 0 aromatic heterocycles. The summed E-state index contributed by atoms with van der Waals surface area (Å²) >= 11 is 0. The van der Waals surface area contributed by atoms with Gasteiger partial charge in [0.15, 0.2) is 0 Å². The molecule has 1 unspecified atom stereocenters. The zero-order chi connectivity index (χ0) is 19.5. The number of hydrogen-bond donors (Lipinski definition) is 2. The number of ether oxygens (including phenoxy) is 1. The summed E-state index contributed by atoms with van der Waals surface area (Å²) in [5, 5.41) is 6.08. The molecule has 2 aliphatic rings. The van der Waals surface area contributed by atoms with Crippen molar-refractivity contribution >= 4 is 22.9 Å². The van der Waals surface area contributed by atoms with Gasteiger partial charge >= 0.3 is 0 Å². The monoisotopic (exact) mass is 381 g/mol. The predicted molar refractivity (Wildman–Crippen MR) is 109 cm³/mol. The fraction of sp³-hybridized carbons (Fsp3) is 0.318. The van der Waals surface area contributed by atoms with Gasteiger partial charge in [0, 0.05) is 42.8 Å². The van der Waals surface area contributed by atoms with Crippen molar-refractivity contribution in [2.24, 2.45) is 0 Å². The Morgan fingerprint density at radius 1 is 1.29 bits per heavy atom. The molecule has 0 radical (unpaired) electrons. The molecule has 2 aliphatic heterocycles. The van der Waals surface area contributed by atoms with Crippen LogP contribution in [0.5, 0.6) is 5.75 Å². The summed E-state index contributed by atoms with van der Waals surface area (Å²) < 4.78 is 18.9. The van der Waals surface area contributed by atoms with E-state index in [-0.39, 0.29) is 5.91 Å². The van der Waals surface area contributed by atoms with Gasteiger partial charge in [-0.15, -0.1) is 0 Å². The second-order valence-electron chi connectivity index (χ2n) is 7.21. The zero-order valence-corrected chi connectivity index (χ0v) is 15.9. The third-order valence-electron chi connectivity index (χ3n) is 5.16. The Morgan fingerprint density at radius 2 is 2.11 bits per heavy atom. The van der Waals surface area contributed by atoms with Gasteiger partial charge in [0.1, 0.15) is 18.5 Å². The topological polar surface area (TPSA) is 53.6 Å². The fourth-order valence-corrected chi connectivity index (χ4v) is 3.65. The number of carbonyl (C=O) groups is 1. The maximum absolute atomic E-state index is 13.2. The number of halogens is 1. The van der Waals surface area contributed by atoms with Crippen molar-refractivity contribution in [2.45, 2.75) is 19.5 Å². The molecule has 1 atom stereocenters. The van der Waals surface area contributed by atoms with Crippen molar-refractivity contribution in [3.05, 3.63) is 59.8 Å². The summed E-state index contributed by atoms with van der Waals surface area (Å²) in [6.07, 6.45) is 1.67. The van der Waals surface area contributed by atoms with Crippen molar-refractivity contribution in [1.29, 1.82) is 0 Å². The summed E-state index contributed by atoms with van der Waals surface area (Å²) in [6.45, 7) is 4.59. The fourth-order valence-electron chi connectivity index (χ4n) is 3.65. The molecule has 0 bridgehead atoms. The van der Waals surface area contributed by atoms with Gasteiger partial charge in [-0.05, 0) is 49.2 Å². The van der Waals surface area contributed by atoms with Gasteiger partial charge in [0.05, 0.1) is 5.57 Å². The highest BCUT2D eigenvalue weighted by molar-refractivity contribution is 6.32. The number of aryl methyl sites for hydroxylation is 1. The lowest BCUT2D eigenvalue weighted by Crippen LogP contribution is -2.26. The molecule has 28 heavy (non-hydrogen) atoms. The Morgan fingerprint density at radius 3 is 2.86 bits per heavy atom. The Bertz CT molecular complexity index is 895. The third kappa shape index (κ3) is 4.02. The van der Waals surface area contributed by atoms with Gasteiger partial charge in [-0.25, -0.2) is 4.39 Å². The molecular formula is C22H24FN3O2. The van der Waals surface area contributed by atoms with Crippen molar-refractivity contribution in [3.8, 4) is 5.75 Å². The predicted octanol–water partition coefficient (Wildman–Crippen LogP) is 3.82. The molecule has 1 saturated heterocycles. The van der Waals surface area contributed by atoms with Crippen molar-refractivity contribution in [2.75, 3.05) is 36.9 Å². The van der Waals surface area contributed by atoms with Gasteiger partial charge in [0.2, 0.25) is 0 Å². The number of rotatable bonds is 6. The highest BCUT2D eigenvalue weighted by Gasteiger charge is 2.25. The quantitative estimate of drug-likeness (QED) is 0.747. The summed E-state index contributed by atoms with van der Waals surface area (Å²) in [5.41, 5.74) is 4.35. The number of hydrogen-bond acceptors (Lipinski definition) is 4. The number of anilines is 2. The zero-order valence-electron chi connectivity index (χ0n) is 15.9. The highest BCUT2D eigenvalue weighted by Crippen LogP contribution is 2.34. The number of benzene rings is 2. The van der Waals surface area contributed by atoms with Crippen LogP contribution in [-0.4, -0.2) is 43.2 Å². The molecule has 2 aromatic carbocycles. The summed E-state index contributed by atoms with van der Waals surface area (Å²) in [5.74, 6) is 0.670. The van der Waals surface area contributed by atoms with E-state index in [9.17, 15) is 9.18 Å². The molecule has 2 aromatic rings. The lowest BCUT2D eigenvalue weighted by atomic mass is 10.0. The van der Waals surface area contributed by atoms with Gasteiger partial charge < -0.3 is 15.4 Å². The Labute approximate surface area is 164 Å². The second kappa shape index (κ2) is 8.02. The lowest BCUT2D eigenvalue weighted by Gasteiger charge is -2.15. The Hall–Kier alpha value is -2.86. The number of nitrogens with zero attached hydrogens (tertiary/aromatic N) is 1. The molecule has 146 valence electrons. The first-order valence-electron chi connectivity index (χ1n) is 9.57.